The van der Waals surface area contributed by atoms with Crippen LogP contribution in [0.4, 0.5) is 5.69 Å². The first-order chi connectivity index (χ1) is 26.9. The van der Waals surface area contributed by atoms with E-state index < -0.39 is 0 Å². The van der Waals surface area contributed by atoms with E-state index in [-0.39, 0.29) is 16.7 Å². The maximum absolute atomic E-state index is 13.0. The number of rotatable bonds is 7. The van der Waals surface area contributed by atoms with Gasteiger partial charge in [0.15, 0.2) is 0 Å². The molecule has 3 heterocycles. The van der Waals surface area contributed by atoms with E-state index in [0.29, 0.717) is 6.42 Å². The van der Waals surface area contributed by atoms with E-state index >= 15 is 0 Å². The molecule has 0 atom stereocenters. The molecule has 0 spiro atoms. The summed E-state index contributed by atoms with van der Waals surface area (Å²) in [5, 5.41) is 0. The number of pyridine rings is 2. The molecular weight excluding hydrogens is 683 g/mol. The highest BCUT2D eigenvalue weighted by Crippen LogP contribution is 2.37. The third-order valence-corrected chi connectivity index (χ3v) is 11.0. The van der Waals surface area contributed by atoms with Gasteiger partial charge in [-0.15, -0.1) is 0 Å². The van der Waals surface area contributed by atoms with Crippen molar-refractivity contribution < 1.29 is 4.79 Å². The van der Waals surface area contributed by atoms with Crippen LogP contribution in [-0.2, 0) is 15.6 Å². The molecule has 0 aliphatic carbocycles. The smallest absolute Gasteiger partial charge is 0.227 e. The Morgan fingerprint density at radius 1 is 0.464 bits per heavy atom. The summed E-state index contributed by atoms with van der Waals surface area (Å²) < 4.78 is 0. The Morgan fingerprint density at radius 2 is 0.857 bits per heavy atom. The molecule has 4 nitrogen and oxygen atoms in total. The summed E-state index contributed by atoms with van der Waals surface area (Å²) in [6.45, 7) is 14.2. The molecule has 5 aromatic carbocycles. The van der Waals surface area contributed by atoms with Gasteiger partial charge in [0, 0.05) is 53.3 Å². The van der Waals surface area contributed by atoms with E-state index in [2.05, 4.69) is 181 Å². The van der Waals surface area contributed by atoms with Gasteiger partial charge in [0.1, 0.15) is 0 Å². The van der Waals surface area contributed by atoms with Crippen molar-refractivity contribution in [2.75, 3.05) is 11.4 Å². The standard InChI is InChI=1S/C52H49N3O/c1-51(2,3)46-14-9-7-12-44(46)48-27-25-39(33-53-48)35-17-21-37(22-18-35)41-30-42(32-43(31-41)55-29-11-16-50(55)56)38-23-19-36(20-24-38)40-26-28-49(54-34-40)45-13-8-10-15-47(45)52(4,5)6/h7-10,12-15,17-28,30-34H,11,16,29H2,1-6H3. The van der Waals surface area contributed by atoms with Gasteiger partial charge in [-0.05, 0) is 92.1 Å². The highest BCUT2D eigenvalue weighted by atomic mass is 16.2. The number of nitrogens with zero attached hydrogens (tertiary/aromatic N) is 3. The Bertz CT molecular complexity index is 2340. The van der Waals surface area contributed by atoms with Crippen LogP contribution in [0.5, 0.6) is 0 Å². The molecule has 1 saturated heterocycles. The van der Waals surface area contributed by atoms with E-state index in [1.165, 1.54) is 22.3 Å². The first kappa shape index (κ1) is 36.8. The largest absolute Gasteiger partial charge is 0.312 e. The minimum atomic E-state index is 0.0281. The summed E-state index contributed by atoms with van der Waals surface area (Å²) in [5.74, 6) is 0.181. The number of anilines is 1. The quantitative estimate of drug-likeness (QED) is 0.164. The van der Waals surface area contributed by atoms with Crippen molar-refractivity contribution >= 4 is 11.6 Å². The highest BCUT2D eigenvalue weighted by molar-refractivity contribution is 5.97. The lowest BCUT2D eigenvalue weighted by Gasteiger charge is -2.22. The summed E-state index contributed by atoms with van der Waals surface area (Å²) >= 11 is 0. The van der Waals surface area contributed by atoms with Gasteiger partial charge in [0.25, 0.3) is 0 Å². The monoisotopic (exact) mass is 731 g/mol. The third kappa shape index (κ3) is 7.57. The summed E-state index contributed by atoms with van der Waals surface area (Å²) in [6.07, 6.45) is 5.42. The molecule has 2 aromatic heterocycles. The van der Waals surface area contributed by atoms with Crippen molar-refractivity contribution in [1.29, 1.82) is 0 Å². The lowest BCUT2D eigenvalue weighted by molar-refractivity contribution is -0.117. The Hall–Kier alpha value is -6.13. The summed E-state index contributed by atoms with van der Waals surface area (Å²) in [5.41, 5.74) is 16.6. The lowest BCUT2D eigenvalue weighted by atomic mass is 9.83. The first-order valence-electron chi connectivity index (χ1n) is 19.7. The molecule has 1 aliphatic rings. The van der Waals surface area contributed by atoms with Crippen LogP contribution in [0.2, 0.25) is 0 Å². The average molecular weight is 732 g/mol. The second-order valence-electron chi connectivity index (χ2n) is 17.0. The molecule has 278 valence electrons. The van der Waals surface area contributed by atoms with Gasteiger partial charge in [0.2, 0.25) is 5.91 Å². The molecule has 0 N–H and O–H groups in total. The van der Waals surface area contributed by atoms with E-state index in [1.807, 2.05) is 17.3 Å². The third-order valence-electron chi connectivity index (χ3n) is 11.0. The maximum Gasteiger partial charge on any atom is 0.227 e. The van der Waals surface area contributed by atoms with E-state index in [0.717, 1.165) is 74.5 Å². The van der Waals surface area contributed by atoms with Gasteiger partial charge in [-0.25, -0.2) is 0 Å². The zero-order valence-electron chi connectivity index (χ0n) is 33.3. The lowest BCUT2D eigenvalue weighted by Crippen LogP contribution is -2.23. The van der Waals surface area contributed by atoms with Gasteiger partial charge in [-0.3, -0.25) is 14.8 Å². The zero-order chi connectivity index (χ0) is 39.0. The SMILES string of the molecule is CC(C)(C)c1ccccc1-c1ccc(-c2ccc(-c3cc(-c4ccc(-c5ccc(-c6ccccc6C(C)(C)C)nc5)cc4)cc(N4CCCC4=O)c3)cc2)cn1. The molecule has 1 aliphatic heterocycles. The van der Waals surface area contributed by atoms with Crippen molar-refractivity contribution in [3.05, 3.63) is 163 Å². The molecule has 7 aromatic rings. The minimum absolute atomic E-state index is 0.0281. The van der Waals surface area contributed by atoms with E-state index in [4.69, 9.17) is 9.97 Å². The fraction of sp³-hybridized carbons (Fsp3) is 0.212. The number of hydrogen-bond donors (Lipinski definition) is 0. The second-order valence-corrected chi connectivity index (χ2v) is 17.0. The summed E-state index contributed by atoms with van der Waals surface area (Å²) in [7, 11) is 0. The molecule has 0 unspecified atom stereocenters. The van der Waals surface area contributed by atoms with Crippen LogP contribution in [-0.4, -0.2) is 22.4 Å². The Balaban J connectivity index is 1.06. The molecule has 0 radical (unpaired) electrons. The van der Waals surface area contributed by atoms with Gasteiger partial charge >= 0.3 is 0 Å². The van der Waals surface area contributed by atoms with Gasteiger partial charge < -0.3 is 4.90 Å². The summed E-state index contributed by atoms with van der Waals surface area (Å²) in [4.78, 5) is 24.7. The molecule has 0 bridgehead atoms. The normalized spacial score (nSPS) is 13.3. The number of aromatic nitrogens is 2. The van der Waals surface area contributed by atoms with Crippen LogP contribution < -0.4 is 4.90 Å². The number of carbonyl (C=O) groups is 1. The van der Waals surface area contributed by atoms with Crippen molar-refractivity contribution in [1.82, 2.24) is 9.97 Å². The maximum atomic E-state index is 13.0. The Morgan fingerprint density at radius 3 is 1.21 bits per heavy atom. The second kappa shape index (κ2) is 14.8. The van der Waals surface area contributed by atoms with Crippen LogP contribution >= 0.6 is 0 Å². The van der Waals surface area contributed by atoms with E-state index in [9.17, 15) is 4.79 Å². The number of benzene rings is 5. The van der Waals surface area contributed by atoms with Gasteiger partial charge in [-0.1, -0.05) is 151 Å². The molecule has 56 heavy (non-hydrogen) atoms. The topological polar surface area (TPSA) is 46.1 Å². The fourth-order valence-corrected chi connectivity index (χ4v) is 7.90. The Labute approximate surface area is 332 Å². The highest BCUT2D eigenvalue weighted by Gasteiger charge is 2.24. The van der Waals surface area contributed by atoms with Crippen molar-refractivity contribution in [2.24, 2.45) is 0 Å². The molecule has 1 fully saturated rings. The predicted octanol–water partition coefficient (Wildman–Crippen LogP) is 13.2. The van der Waals surface area contributed by atoms with Crippen LogP contribution in [0.15, 0.2) is 152 Å². The summed E-state index contributed by atoms with van der Waals surface area (Å²) in [6, 6.07) is 49.6. The van der Waals surface area contributed by atoms with Crippen LogP contribution in [0, 0.1) is 0 Å². The minimum Gasteiger partial charge on any atom is -0.312 e. The van der Waals surface area contributed by atoms with Crippen molar-refractivity contribution in [3.63, 3.8) is 0 Å². The van der Waals surface area contributed by atoms with Crippen LogP contribution in [0.3, 0.4) is 0 Å². The van der Waals surface area contributed by atoms with E-state index in [1.54, 1.807) is 0 Å². The molecule has 4 heteroatoms. The molecule has 0 saturated carbocycles. The van der Waals surface area contributed by atoms with Gasteiger partial charge in [0.05, 0.1) is 11.4 Å². The zero-order valence-corrected chi connectivity index (χ0v) is 33.3. The van der Waals surface area contributed by atoms with Crippen molar-refractivity contribution in [2.45, 2.75) is 65.2 Å². The first-order valence-corrected chi connectivity index (χ1v) is 19.7. The van der Waals surface area contributed by atoms with Crippen LogP contribution in [0.25, 0.3) is 67.0 Å². The fourth-order valence-electron chi connectivity index (χ4n) is 7.90. The average Bonchev–Trinajstić information content (AvgIpc) is 3.66. The molecule has 8 rings (SSSR count). The molecule has 1 amide bonds. The van der Waals surface area contributed by atoms with Gasteiger partial charge in [-0.2, -0.15) is 0 Å². The van der Waals surface area contributed by atoms with Crippen molar-refractivity contribution in [3.8, 4) is 67.0 Å². The number of hydrogen-bond acceptors (Lipinski definition) is 3. The number of amides is 1. The Kier molecular flexibility index (Phi) is 9.76. The molecular formula is C52H49N3O. The predicted molar refractivity (Wildman–Crippen MR) is 234 cm³/mol. The number of carbonyl (C=O) groups excluding carboxylic acids is 1. The van der Waals surface area contributed by atoms with Crippen LogP contribution in [0.1, 0.15) is 65.5 Å².